The van der Waals surface area contributed by atoms with Crippen molar-refractivity contribution < 1.29 is 4.79 Å². The second-order valence-electron chi connectivity index (χ2n) is 2.60. The summed E-state index contributed by atoms with van der Waals surface area (Å²) in [5.41, 5.74) is 5.73. The van der Waals surface area contributed by atoms with E-state index < -0.39 is 6.03 Å². The lowest BCUT2D eigenvalue weighted by Gasteiger charge is -2.09. The Morgan fingerprint density at radius 2 is 2.00 bits per heavy atom. The topological polar surface area (TPSA) is 75.8 Å². The van der Waals surface area contributed by atoms with E-state index in [4.69, 9.17) is 5.73 Å². The van der Waals surface area contributed by atoms with Gasteiger partial charge in [-0.1, -0.05) is 12.1 Å². The second kappa shape index (κ2) is 4.89. The van der Waals surface area contributed by atoms with Gasteiger partial charge in [-0.05, 0) is 40.3 Å². The smallest absolute Gasteiger partial charge is 0.338 e. The third-order valence-corrected chi connectivity index (χ3v) is 2.32. The highest BCUT2D eigenvalue weighted by molar-refractivity contribution is 14.1. The van der Waals surface area contributed by atoms with Gasteiger partial charge in [-0.2, -0.15) is 5.01 Å². The van der Waals surface area contributed by atoms with Gasteiger partial charge in [-0.25, -0.2) is 4.79 Å². The minimum atomic E-state index is -0.849. The van der Waals surface area contributed by atoms with Crippen molar-refractivity contribution in [3.63, 3.8) is 0 Å². The molecule has 5 nitrogen and oxygen atoms in total. The molecule has 0 aliphatic rings. The zero-order valence-corrected chi connectivity index (χ0v) is 9.34. The molecule has 0 bridgehead atoms. The molecule has 0 aliphatic heterocycles. The third-order valence-electron chi connectivity index (χ3n) is 1.60. The largest absolute Gasteiger partial charge is 0.350 e. The number of carbonyl (C=O) groups is 1. The van der Waals surface area contributed by atoms with E-state index in [0.29, 0.717) is 5.01 Å². The number of hydrogen-bond acceptors (Lipinski definition) is 3. The van der Waals surface area contributed by atoms with Crippen LogP contribution in [0.4, 0.5) is 4.79 Å². The average molecular weight is 305 g/mol. The molecule has 0 aromatic heterocycles. The molecule has 0 saturated carbocycles. The molecule has 0 heterocycles. The number of hydrogen-bond donors (Lipinski definition) is 1. The van der Waals surface area contributed by atoms with Crippen LogP contribution in [0.3, 0.4) is 0 Å². The maximum atomic E-state index is 10.7. The highest BCUT2D eigenvalue weighted by Crippen LogP contribution is 2.09. The monoisotopic (exact) mass is 305 g/mol. The van der Waals surface area contributed by atoms with Crippen molar-refractivity contribution in [2.45, 2.75) is 6.54 Å². The highest BCUT2D eigenvalue weighted by Gasteiger charge is 2.09. The molecular weight excluding hydrogens is 297 g/mol. The van der Waals surface area contributed by atoms with E-state index in [9.17, 15) is 9.70 Å². The number of amides is 2. The van der Waals surface area contributed by atoms with Gasteiger partial charge in [0.1, 0.15) is 0 Å². The van der Waals surface area contributed by atoms with Gasteiger partial charge in [0.05, 0.1) is 11.8 Å². The fourth-order valence-electron chi connectivity index (χ4n) is 0.910. The van der Waals surface area contributed by atoms with Crippen molar-refractivity contribution >= 4 is 28.6 Å². The van der Waals surface area contributed by atoms with E-state index >= 15 is 0 Å². The summed E-state index contributed by atoms with van der Waals surface area (Å²) >= 11 is 2.16. The Hall–Kier alpha value is -1.18. The summed E-state index contributed by atoms with van der Waals surface area (Å²) in [5.74, 6) is 0. The summed E-state index contributed by atoms with van der Waals surface area (Å²) in [6.45, 7) is 0.107. The zero-order chi connectivity index (χ0) is 10.6. The van der Waals surface area contributed by atoms with Gasteiger partial charge in [0, 0.05) is 3.57 Å². The summed E-state index contributed by atoms with van der Waals surface area (Å²) < 4.78 is 1.08. The summed E-state index contributed by atoms with van der Waals surface area (Å²) in [6, 6.07) is 6.52. The standard InChI is InChI=1S/C8H8IN3O2/c9-7-3-1-6(2-4-7)5-12(11-14)8(10)13/h1-4H,5H2,(H2,10,13). The molecule has 0 fully saturated rings. The number of rotatable bonds is 3. The first-order valence-electron chi connectivity index (χ1n) is 3.78. The van der Waals surface area contributed by atoms with Gasteiger partial charge in [-0.15, -0.1) is 4.91 Å². The molecule has 0 radical (unpaired) electrons. The van der Waals surface area contributed by atoms with E-state index in [-0.39, 0.29) is 6.54 Å². The number of urea groups is 1. The Morgan fingerprint density at radius 3 is 2.43 bits per heavy atom. The molecule has 2 amide bonds. The first-order valence-corrected chi connectivity index (χ1v) is 4.86. The molecule has 14 heavy (non-hydrogen) atoms. The van der Waals surface area contributed by atoms with Crippen LogP contribution in [-0.2, 0) is 6.54 Å². The van der Waals surface area contributed by atoms with E-state index in [0.717, 1.165) is 9.13 Å². The quantitative estimate of drug-likeness (QED) is 0.525. The summed E-state index contributed by atoms with van der Waals surface area (Å²) in [5, 5.41) is 3.18. The number of nitrogens with zero attached hydrogens (tertiary/aromatic N) is 2. The van der Waals surface area contributed by atoms with Crippen LogP contribution in [0.15, 0.2) is 29.6 Å². The van der Waals surface area contributed by atoms with Gasteiger partial charge < -0.3 is 5.73 Å². The molecule has 1 rings (SSSR count). The molecule has 0 aliphatic carbocycles. The van der Waals surface area contributed by atoms with E-state index in [1.165, 1.54) is 0 Å². The van der Waals surface area contributed by atoms with Crippen LogP contribution in [-0.4, -0.2) is 11.0 Å². The Morgan fingerprint density at radius 1 is 1.43 bits per heavy atom. The second-order valence-corrected chi connectivity index (χ2v) is 3.85. The van der Waals surface area contributed by atoms with Gasteiger partial charge in [0.25, 0.3) is 0 Å². The lowest BCUT2D eigenvalue weighted by atomic mass is 10.2. The summed E-state index contributed by atoms with van der Waals surface area (Å²) in [6.07, 6.45) is 0. The normalized spacial score (nSPS) is 9.50. The number of halogens is 1. The molecule has 6 heteroatoms. The van der Waals surface area contributed by atoms with Crippen molar-refractivity contribution in [3.8, 4) is 0 Å². The number of nitrogens with two attached hydrogens (primary N) is 1. The van der Waals surface area contributed by atoms with Crippen molar-refractivity contribution in [1.29, 1.82) is 0 Å². The molecule has 0 unspecified atom stereocenters. The average Bonchev–Trinajstić information content (AvgIpc) is 2.16. The van der Waals surface area contributed by atoms with Gasteiger partial charge >= 0.3 is 6.03 Å². The molecule has 0 atom stereocenters. The Kier molecular flexibility index (Phi) is 3.81. The molecule has 1 aromatic carbocycles. The SMILES string of the molecule is NC(=O)N(Cc1ccc(I)cc1)N=O. The predicted octanol–water partition coefficient (Wildman–Crippen LogP) is 1.85. The van der Waals surface area contributed by atoms with E-state index in [1.54, 1.807) is 0 Å². The first-order chi connectivity index (χ1) is 6.63. The van der Waals surface area contributed by atoms with Crippen LogP contribution in [0.1, 0.15) is 5.56 Å². The fourth-order valence-corrected chi connectivity index (χ4v) is 1.27. The van der Waals surface area contributed by atoms with Gasteiger partial charge in [-0.3, -0.25) is 0 Å². The van der Waals surface area contributed by atoms with Crippen LogP contribution in [0.5, 0.6) is 0 Å². The van der Waals surface area contributed by atoms with Gasteiger partial charge in [0.15, 0.2) is 0 Å². The van der Waals surface area contributed by atoms with E-state index in [2.05, 4.69) is 27.9 Å². The maximum absolute atomic E-state index is 10.7. The Labute approximate surface area is 94.3 Å². The minimum absolute atomic E-state index is 0.107. The third kappa shape index (κ3) is 2.95. The fraction of sp³-hybridized carbons (Fsp3) is 0.125. The number of benzene rings is 1. The summed E-state index contributed by atoms with van der Waals surface area (Å²) in [4.78, 5) is 20.8. The molecule has 74 valence electrons. The molecule has 0 saturated heterocycles. The highest BCUT2D eigenvalue weighted by atomic mass is 127. The lowest BCUT2D eigenvalue weighted by Crippen LogP contribution is -2.30. The number of primary amides is 1. The number of nitroso groups, excluding NO2 is 1. The van der Waals surface area contributed by atoms with Crippen LogP contribution < -0.4 is 5.73 Å². The predicted molar refractivity (Wildman–Crippen MR) is 60.1 cm³/mol. The Balaban J connectivity index is 2.72. The minimum Gasteiger partial charge on any atom is -0.350 e. The van der Waals surface area contributed by atoms with Crippen LogP contribution in [0.2, 0.25) is 0 Å². The Bertz CT molecular complexity index is 339. The van der Waals surface area contributed by atoms with Gasteiger partial charge in [0.2, 0.25) is 0 Å². The van der Waals surface area contributed by atoms with Crippen LogP contribution >= 0.6 is 22.6 Å². The molecule has 2 N–H and O–H groups in total. The molecule has 0 spiro atoms. The van der Waals surface area contributed by atoms with Crippen molar-refractivity contribution in [1.82, 2.24) is 5.01 Å². The van der Waals surface area contributed by atoms with Crippen molar-refractivity contribution in [2.24, 2.45) is 11.0 Å². The van der Waals surface area contributed by atoms with Crippen molar-refractivity contribution in [3.05, 3.63) is 38.3 Å². The first kappa shape index (κ1) is 10.9. The molecule has 1 aromatic rings. The molecular formula is C8H8IN3O2. The maximum Gasteiger partial charge on any atom is 0.338 e. The zero-order valence-electron chi connectivity index (χ0n) is 7.18. The lowest BCUT2D eigenvalue weighted by molar-refractivity contribution is 0.206. The van der Waals surface area contributed by atoms with Crippen molar-refractivity contribution in [2.75, 3.05) is 0 Å². The van der Waals surface area contributed by atoms with Crippen LogP contribution in [0.25, 0.3) is 0 Å². The van der Waals surface area contributed by atoms with Crippen LogP contribution in [0, 0.1) is 8.48 Å². The van der Waals surface area contributed by atoms with E-state index in [1.807, 2.05) is 24.3 Å². The number of carbonyl (C=O) groups excluding carboxylic acids is 1. The summed E-state index contributed by atoms with van der Waals surface area (Å²) in [7, 11) is 0.